The van der Waals surface area contributed by atoms with Gasteiger partial charge in [0.2, 0.25) is 0 Å². The summed E-state index contributed by atoms with van der Waals surface area (Å²) >= 11 is 0. The minimum Gasteiger partial charge on any atom is -0.393 e. The average Bonchev–Trinajstić information content (AvgIpc) is 2.74. The van der Waals surface area contributed by atoms with Crippen LogP contribution in [0, 0.1) is 50.2 Å². The second-order valence-corrected chi connectivity index (χ2v) is 14.8. The van der Waals surface area contributed by atoms with Gasteiger partial charge in [0.1, 0.15) is 6.29 Å². The second-order valence-electron chi connectivity index (χ2n) is 14.8. The third-order valence-corrected chi connectivity index (χ3v) is 12.9. The summed E-state index contributed by atoms with van der Waals surface area (Å²) in [5, 5.41) is 10.9. The SMILES string of the molecule is CC1(C)[C@H]2CC[C@]3(C)[C@H](C(=O)C=C4[C@H]5C[C@@](C)(C=O)CC[C@]5(C)CC[C@]43C)[C@@]2(C)CC[C@@H]1O. The van der Waals surface area contributed by atoms with Crippen LogP contribution in [0.3, 0.4) is 0 Å². The fourth-order valence-electron chi connectivity index (χ4n) is 10.3. The molecule has 0 saturated heterocycles. The first-order valence-electron chi connectivity index (χ1n) is 13.6. The lowest BCUT2D eigenvalue weighted by Crippen LogP contribution is -2.66. The predicted molar refractivity (Wildman–Crippen MR) is 131 cm³/mol. The highest BCUT2D eigenvalue weighted by Gasteiger charge is 2.70. The lowest BCUT2D eigenvalue weighted by atomic mass is 9.33. The molecule has 0 spiro atoms. The van der Waals surface area contributed by atoms with Gasteiger partial charge in [0.05, 0.1) is 6.10 Å². The van der Waals surface area contributed by atoms with Crippen molar-refractivity contribution in [3.63, 3.8) is 0 Å². The summed E-state index contributed by atoms with van der Waals surface area (Å²) in [7, 11) is 0. The van der Waals surface area contributed by atoms with Crippen LogP contribution in [0.25, 0.3) is 0 Å². The summed E-state index contributed by atoms with van der Waals surface area (Å²) in [5.74, 6) is 1.06. The molecule has 0 unspecified atom stereocenters. The highest BCUT2D eigenvalue weighted by molar-refractivity contribution is 5.95. The second kappa shape index (κ2) is 6.83. The molecule has 5 rings (SSSR count). The molecule has 5 aliphatic rings. The summed E-state index contributed by atoms with van der Waals surface area (Å²) in [6, 6.07) is 0. The van der Waals surface area contributed by atoms with Crippen molar-refractivity contribution in [1.82, 2.24) is 0 Å². The summed E-state index contributed by atoms with van der Waals surface area (Å²) in [6.07, 6.45) is 12.2. The number of allylic oxidation sites excluding steroid dienone is 2. The van der Waals surface area contributed by atoms with Crippen molar-refractivity contribution in [1.29, 1.82) is 0 Å². The van der Waals surface area contributed by atoms with Gasteiger partial charge < -0.3 is 9.90 Å². The maximum atomic E-state index is 14.2. The highest BCUT2D eigenvalue weighted by atomic mass is 16.3. The molecule has 0 aromatic heterocycles. The van der Waals surface area contributed by atoms with E-state index >= 15 is 0 Å². The zero-order valence-corrected chi connectivity index (χ0v) is 22.1. The molecular formula is C30H46O3. The molecule has 4 saturated carbocycles. The highest BCUT2D eigenvalue weighted by Crippen LogP contribution is 2.75. The Bertz CT molecular complexity index is 918. The molecule has 0 amide bonds. The third-order valence-electron chi connectivity index (χ3n) is 12.9. The molecular weight excluding hydrogens is 408 g/mol. The van der Waals surface area contributed by atoms with Crippen LogP contribution in [0.4, 0.5) is 0 Å². The number of aldehydes is 1. The molecule has 184 valence electrons. The Morgan fingerprint density at radius 1 is 0.909 bits per heavy atom. The summed E-state index contributed by atoms with van der Waals surface area (Å²) in [5.41, 5.74) is 1.04. The third kappa shape index (κ3) is 2.84. The summed E-state index contributed by atoms with van der Waals surface area (Å²) < 4.78 is 0. The molecule has 0 bridgehead atoms. The van der Waals surface area contributed by atoms with Crippen molar-refractivity contribution in [3.05, 3.63) is 11.6 Å². The van der Waals surface area contributed by atoms with Crippen LogP contribution in [0.15, 0.2) is 11.6 Å². The van der Waals surface area contributed by atoms with Gasteiger partial charge in [0.15, 0.2) is 5.78 Å². The smallest absolute Gasteiger partial charge is 0.159 e. The quantitative estimate of drug-likeness (QED) is 0.458. The number of hydrogen-bond donors (Lipinski definition) is 1. The van der Waals surface area contributed by atoms with Gasteiger partial charge in [-0.15, -0.1) is 0 Å². The number of hydrogen-bond acceptors (Lipinski definition) is 3. The van der Waals surface area contributed by atoms with Gasteiger partial charge in [0, 0.05) is 11.3 Å². The zero-order valence-electron chi connectivity index (χ0n) is 22.1. The fraction of sp³-hybridized carbons (Fsp3) is 0.867. The molecule has 4 fully saturated rings. The molecule has 3 nitrogen and oxygen atoms in total. The Labute approximate surface area is 201 Å². The molecule has 5 aliphatic carbocycles. The molecule has 33 heavy (non-hydrogen) atoms. The summed E-state index contributed by atoms with van der Waals surface area (Å²) in [4.78, 5) is 26.2. The van der Waals surface area contributed by atoms with Gasteiger partial charge in [-0.1, -0.05) is 54.0 Å². The first kappa shape index (κ1) is 23.8. The number of carbonyl (C=O) groups is 2. The normalized spacial score (nSPS) is 55.4. The number of rotatable bonds is 1. The van der Waals surface area contributed by atoms with Gasteiger partial charge in [-0.05, 0) is 103 Å². The number of fused-ring (bicyclic) bond motifs is 7. The van der Waals surface area contributed by atoms with Crippen LogP contribution < -0.4 is 0 Å². The molecule has 9 atom stereocenters. The predicted octanol–water partition coefficient (Wildman–Crippen LogP) is 6.53. The van der Waals surface area contributed by atoms with E-state index in [0.29, 0.717) is 17.6 Å². The lowest BCUT2D eigenvalue weighted by molar-refractivity contribution is -0.202. The van der Waals surface area contributed by atoms with Gasteiger partial charge in [-0.2, -0.15) is 0 Å². The standard InChI is InChI=1S/C30H46O3/c1-25(2)22-8-11-30(7)24(28(22,5)10-9-23(25)33)21(32)16-19-20-17-26(3,18-31)12-13-27(20,4)14-15-29(19,30)6/h16,18,20,22-24,33H,8-15,17H2,1-7H3/t20-,22-,23+,24-,26+,27-,28+,29-,30-/m1/s1. The van der Waals surface area contributed by atoms with Crippen LogP contribution >= 0.6 is 0 Å². The van der Waals surface area contributed by atoms with E-state index in [1.807, 2.05) is 0 Å². The molecule has 0 heterocycles. The zero-order chi connectivity index (χ0) is 24.2. The minimum atomic E-state index is -0.279. The van der Waals surface area contributed by atoms with Gasteiger partial charge in [0.25, 0.3) is 0 Å². The van der Waals surface area contributed by atoms with Crippen LogP contribution in [-0.2, 0) is 9.59 Å². The fourth-order valence-corrected chi connectivity index (χ4v) is 10.3. The monoisotopic (exact) mass is 454 g/mol. The van der Waals surface area contributed by atoms with Crippen LogP contribution in [0.2, 0.25) is 0 Å². The Hall–Kier alpha value is -0.960. The number of aliphatic hydroxyl groups excluding tert-OH is 1. The van der Waals surface area contributed by atoms with E-state index in [1.165, 1.54) is 18.3 Å². The van der Waals surface area contributed by atoms with E-state index in [0.717, 1.165) is 51.4 Å². The molecule has 0 aliphatic heterocycles. The van der Waals surface area contributed by atoms with E-state index in [2.05, 4.69) is 54.5 Å². The average molecular weight is 455 g/mol. The number of ketones is 1. The van der Waals surface area contributed by atoms with E-state index < -0.39 is 0 Å². The van der Waals surface area contributed by atoms with Gasteiger partial charge in [-0.3, -0.25) is 4.79 Å². The van der Waals surface area contributed by atoms with E-state index in [4.69, 9.17) is 0 Å². The van der Waals surface area contributed by atoms with Crippen molar-refractivity contribution in [2.24, 2.45) is 50.2 Å². The first-order valence-corrected chi connectivity index (χ1v) is 13.6. The number of carbonyl (C=O) groups excluding carboxylic acids is 2. The van der Waals surface area contributed by atoms with Crippen molar-refractivity contribution < 1.29 is 14.7 Å². The Morgan fingerprint density at radius 3 is 2.24 bits per heavy atom. The summed E-state index contributed by atoms with van der Waals surface area (Å²) in [6.45, 7) is 16.3. The van der Waals surface area contributed by atoms with Crippen molar-refractivity contribution in [2.45, 2.75) is 112 Å². The van der Waals surface area contributed by atoms with Crippen LogP contribution in [0.5, 0.6) is 0 Å². The van der Waals surface area contributed by atoms with E-state index in [-0.39, 0.29) is 44.5 Å². The lowest BCUT2D eigenvalue weighted by Gasteiger charge is -2.70. The molecule has 0 aromatic rings. The number of aliphatic hydroxyl groups is 1. The van der Waals surface area contributed by atoms with E-state index in [9.17, 15) is 14.7 Å². The molecule has 0 aromatic carbocycles. The largest absolute Gasteiger partial charge is 0.393 e. The van der Waals surface area contributed by atoms with Crippen molar-refractivity contribution >= 4 is 12.1 Å². The van der Waals surface area contributed by atoms with Crippen molar-refractivity contribution in [2.75, 3.05) is 0 Å². The van der Waals surface area contributed by atoms with Crippen molar-refractivity contribution in [3.8, 4) is 0 Å². The molecule has 1 N–H and O–H groups in total. The minimum absolute atomic E-state index is 0.00503. The Morgan fingerprint density at radius 2 is 1.58 bits per heavy atom. The molecule has 3 heteroatoms. The Balaban J connectivity index is 1.63. The van der Waals surface area contributed by atoms with Gasteiger partial charge >= 0.3 is 0 Å². The maximum Gasteiger partial charge on any atom is 0.159 e. The topological polar surface area (TPSA) is 54.4 Å². The van der Waals surface area contributed by atoms with Crippen LogP contribution in [0.1, 0.15) is 106 Å². The molecule has 0 radical (unpaired) electrons. The van der Waals surface area contributed by atoms with Gasteiger partial charge in [-0.25, -0.2) is 0 Å². The van der Waals surface area contributed by atoms with E-state index in [1.54, 1.807) is 0 Å². The first-order chi connectivity index (χ1) is 15.2. The Kier molecular flexibility index (Phi) is 4.92. The maximum absolute atomic E-state index is 14.2. The van der Waals surface area contributed by atoms with Crippen LogP contribution in [-0.4, -0.2) is 23.3 Å².